The lowest BCUT2D eigenvalue weighted by atomic mass is 10.0. The van der Waals surface area contributed by atoms with Crippen molar-refractivity contribution in [2.24, 2.45) is 5.92 Å². The van der Waals surface area contributed by atoms with Crippen LogP contribution in [0, 0.1) is 12.8 Å². The fraction of sp³-hybridized carbons (Fsp3) is 0.389. The number of rotatable bonds is 3. The lowest BCUT2D eigenvalue weighted by Gasteiger charge is -2.31. The van der Waals surface area contributed by atoms with Gasteiger partial charge in [-0.1, -0.05) is 30.7 Å². The molecule has 0 radical (unpaired) electrons. The van der Waals surface area contributed by atoms with Gasteiger partial charge in [0.2, 0.25) is 5.95 Å². The lowest BCUT2D eigenvalue weighted by molar-refractivity contribution is 0.102. The lowest BCUT2D eigenvalue weighted by Crippen LogP contribution is -2.36. The van der Waals surface area contributed by atoms with Gasteiger partial charge >= 0.3 is 0 Å². The van der Waals surface area contributed by atoms with Gasteiger partial charge in [0.05, 0.1) is 10.7 Å². The first-order valence-corrected chi connectivity index (χ1v) is 8.57. The Morgan fingerprint density at radius 3 is 2.88 bits per heavy atom. The van der Waals surface area contributed by atoms with Crippen molar-refractivity contribution in [2.75, 3.05) is 23.3 Å². The molecule has 1 unspecified atom stereocenters. The van der Waals surface area contributed by atoms with Crippen LogP contribution in [-0.4, -0.2) is 29.0 Å². The summed E-state index contributed by atoms with van der Waals surface area (Å²) < 4.78 is 0. The van der Waals surface area contributed by atoms with Gasteiger partial charge in [-0.2, -0.15) is 0 Å². The molecule has 1 N–H and O–H groups in total. The minimum absolute atomic E-state index is 0.278. The number of aromatic nitrogens is 2. The number of para-hydroxylation sites is 1. The van der Waals surface area contributed by atoms with E-state index in [1.54, 1.807) is 18.2 Å². The predicted octanol–water partition coefficient (Wildman–Crippen LogP) is 3.93. The largest absolute Gasteiger partial charge is 0.341 e. The van der Waals surface area contributed by atoms with Crippen LogP contribution in [0.1, 0.15) is 35.9 Å². The molecule has 0 aliphatic carbocycles. The molecule has 24 heavy (non-hydrogen) atoms. The number of carbonyl (C=O) groups is 1. The molecule has 1 aromatic heterocycles. The first-order chi connectivity index (χ1) is 11.5. The van der Waals surface area contributed by atoms with Crippen molar-refractivity contribution >= 4 is 29.1 Å². The molecule has 3 rings (SSSR count). The highest BCUT2D eigenvalue weighted by Crippen LogP contribution is 2.23. The number of amides is 1. The van der Waals surface area contributed by atoms with E-state index in [0.717, 1.165) is 25.2 Å². The Balaban J connectivity index is 1.83. The summed E-state index contributed by atoms with van der Waals surface area (Å²) in [6.45, 7) is 5.96. The molecule has 0 saturated carbocycles. The number of benzene rings is 1. The zero-order valence-electron chi connectivity index (χ0n) is 13.9. The third-order valence-corrected chi connectivity index (χ3v) is 4.47. The summed E-state index contributed by atoms with van der Waals surface area (Å²) >= 11 is 6.10. The molecule has 1 aliphatic heterocycles. The maximum Gasteiger partial charge on any atom is 0.274 e. The van der Waals surface area contributed by atoms with Crippen LogP contribution < -0.4 is 10.2 Å². The quantitative estimate of drug-likeness (QED) is 0.916. The number of aryl methyl sites for hydroxylation is 1. The molecule has 5 nitrogen and oxygen atoms in total. The van der Waals surface area contributed by atoms with E-state index >= 15 is 0 Å². The number of piperidine rings is 1. The molecule has 1 aliphatic rings. The molecule has 0 bridgehead atoms. The summed E-state index contributed by atoms with van der Waals surface area (Å²) in [6, 6.07) is 8.85. The van der Waals surface area contributed by atoms with Crippen LogP contribution in [0.4, 0.5) is 11.6 Å². The standard InChI is InChI=1S/C18H21ClN4O/c1-12-6-5-9-23(11-12)18-20-13(2)10-16(22-18)17(24)21-15-8-4-3-7-14(15)19/h3-4,7-8,10,12H,5-6,9,11H2,1-2H3,(H,21,24). The fourth-order valence-electron chi connectivity index (χ4n) is 2.93. The van der Waals surface area contributed by atoms with Crippen LogP contribution in [0.5, 0.6) is 0 Å². The Bertz CT molecular complexity index is 750. The Labute approximate surface area is 147 Å². The van der Waals surface area contributed by atoms with Gasteiger partial charge in [0, 0.05) is 18.8 Å². The van der Waals surface area contributed by atoms with Gasteiger partial charge in [0.25, 0.3) is 5.91 Å². The number of hydrogen-bond acceptors (Lipinski definition) is 4. The topological polar surface area (TPSA) is 58.1 Å². The van der Waals surface area contributed by atoms with E-state index in [1.165, 1.54) is 6.42 Å². The van der Waals surface area contributed by atoms with Crippen LogP contribution in [0.25, 0.3) is 0 Å². The third kappa shape index (κ3) is 3.85. The van der Waals surface area contributed by atoms with Crippen molar-refractivity contribution < 1.29 is 4.79 Å². The number of nitrogens with zero attached hydrogens (tertiary/aromatic N) is 3. The summed E-state index contributed by atoms with van der Waals surface area (Å²) in [7, 11) is 0. The first kappa shape index (κ1) is 16.7. The van der Waals surface area contributed by atoms with Crippen LogP contribution in [-0.2, 0) is 0 Å². The number of hydrogen-bond donors (Lipinski definition) is 1. The molecular weight excluding hydrogens is 324 g/mol. The van der Waals surface area contributed by atoms with E-state index in [2.05, 4.69) is 27.1 Å². The molecule has 1 saturated heterocycles. The monoisotopic (exact) mass is 344 g/mol. The Hall–Kier alpha value is -2.14. The van der Waals surface area contributed by atoms with Gasteiger partial charge < -0.3 is 10.2 Å². The predicted molar refractivity (Wildman–Crippen MR) is 96.8 cm³/mol. The van der Waals surface area contributed by atoms with E-state index < -0.39 is 0 Å². The molecule has 1 fully saturated rings. The molecule has 126 valence electrons. The Morgan fingerprint density at radius 1 is 1.33 bits per heavy atom. The van der Waals surface area contributed by atoms with Crippen LogP contribution >= 0.6 is 11.6 Å². The number of anilines is 2. The molecule has 1 aromatic carbocycles. The SMILES string of the molecule is Cc1cc(C(=O)Nc2ccccc2Cl)nc(N2CCCC(C)C2)n1. The molecule has 6 heteroatoms. The van der Waals surface area contributed by atoms with Gasteiger partial charge in [-0.3, -0.25) is 4.79 Å². The molecule has 2 aromatic rings. The number of carbonyl (C=O) groups excluding carboxylic acids is 1. The highest BCUT2D eigenvalue weighted by Gasteiger charge is 2.20. The molecular formula is C18H21ClN4O. The van der Waals surface area contributed by atoms with E-state index in [9.17, 15) is 4.79 Å². The van der Waals surface area contributed by atoms with Crippen LogP contribution in [0.15, 0.2) is 30.3 Å². The second kappa shape index (κ2) is 7.18. The summed E-state index contributed by atoms with van der Waals surface area (Å²) in [4.78, 5) is 23.7. The second-order valence-electron chi connectivity index (χ2n) is 6.32. The van der Waals surface area contributed by atoms with Crippen molar-refractivity contribution in [3.05, 3.63) is 46.7 Å². The van der Waals surface area contributed by atoms with E-state index in [0.29, 0.717) is 28.3 Å². The van der Waals surface area contributed by atoms with Gasteiger partial charge in [-0.05, 0) is 43.9 Å². The third-order valence-electron chi connectivity index (χ3n) is 4.14. The molecule has 2 heterocycles. The highest BCUT2D eigenvalue weighted by molar-refractivity contribution is 6.33. The van der Waals surface area contributed by atoms with Crippen molar-refractivity contribution in [1.29, 1.82) is 0 Å². The fourth-order valence-corrected chi connectivity index (χ4v) is 3.11. The molecule has 1 atom stereocenters. The summed E-state index contributed by atoms with van der Waals surface area (Å²) in [5.41, 5.74) is 1.71. The Kier molecular flexibility index (Phi) is 5.00. The van der Waals surface area contributed by atoms with Crippen molar-refractivity contribution in [1.82, 2.24) is 9.97 Å². The number of nitrogens with one attached hydrogen (secondary N) is 1. The zero-order valence-corrected chi connectivity index (χ0v) is 14.7. The van der Waals surface area contributed by atoms with Gasteiger partial charge in [0.1, 0.15) is 5.69 Å². The van der Waals surface area contributed by atoms with E-state index in [4.69, 9.17) is 11.6 Å². The highest BCUT2D eigenvalue weighted by atomic mass is 35.5. The van der Waals surface area contributed by atoms with Gasteiger partial charge in [-0.25, -0.2) is 9.97 Å². The maximum absolute atomic E-state index is 12.5. The molecule has 1 amide bonds. The minimum Gasteiger partial charge on any atom is -0.341 e. The minimum atomic E-state index is -0.278. The maximum atomic E-state index is 12.5. The van der Waals surface area contributed by atoms with Crippen molar-refractivity contribution in [2.45, 2.75) is 26.7 Å². The van der Waals surface area contributed by atoms with Crippen molar-refractivity contribution in [3.8, 4) is 0 Å². The average molecular weight is 345 g/mol. The second-order valence-corrected chi connectivity index (χ2v) is 6.73. The van der Waals surface area contributed by atoms with Gasteiger partial charge in [-0.15, -0.1) is 0 Å². The normalized spacial score (nSPS) is 17.6. The van der Waals surface area contributed by atoms with Crippen molar-refractivity contribution in [3.63, 3.8) is 0 Å². The smallest absolute Gasteiger partial charge is 0.274 e. The average Bonchev–Trinajstić information content (AvgIpc) is 2.56. The van der Waals surface area contributed by atoms with Crippen LogP contribution in [0.2, 0.25) is 5.02 Å². The molecule has 0 spiro atoms. The summed E-state index contributed by atoms with van der Waals surface area (Å²) in [5.74, 6) is 0.967. The van der Waals surface area contributed by atoms with E-state index in [1.807, 2.05) is 19.1 Å². The zero-order chi connectivity index (χ0) is 17.1. The number of halogens is 1. The van der Waals surface area contributed by atoms with E-state index in [-0.39, 0.29) is 5.91 Å². The van der Waals surface area contributed by atoms with Crippen LogP contribution in [0.3, 0.4) is 0 Å². The summed E-state index contributed by atoms with van der Waals surface area (Å²) in [5, 5.41) is 3.31. The first-order valence-electron chi connectivity index (χ1n) is 8.19. The Morgan fingerprint density at radius 2 is 2.12 bits per heavy atom. The van der Waals surface area contributed by atoms with Gasteiger partial charge in [0.15, 0.2) is 0 Å². The summed E-state index contributed by atoms with van der Waals surface area (Å²) in [6.07, 6.45) is 2.35.